The summed E-state index contributed by atoms with van der Waals surface area (Å²) in [4.78, 5) is 9.68. The van der Waals surface area contributed by atoms with Crippen LogP contribution in [0.2, 0.25) is 18.1 Å². The van der Waals surface area contributed by atoms with E-state index in [2.05, 4.69) is 58.9 Å². The summed E-state index contributed by atoms with van der Waals surface area (Å²) in [6, 6.07) is 20.0. The summed E-state index contributed by atoms with van der Waals surface area (Å²) in [5.74, 6) is 2.51. The fourth-order valence-electron chi connectivity index (χ4n) is 4.62. The Balaban J connectivity index is 0.000000645. The normalized spacial score (nSPS) is 14.6. The molecule has 0 unspecified atom stereocenters. The number of hydrogen-bond donors (Lipinski definition) is 3. The average Bonchev–Trinajstić information content (AvgIpc) is 3.61. The molecule has 258 valence electrons. The van der Waals surface area contributed by atoms with Crippen molar-refractivity contribution in [3.63, 3.8) is 0 Å². The molecule has 46 heavy (non-hydrogen) atoms. The van der Waals surface area contributed by atoms with Crippen molar-refractivity contribution in [2.45, 2.75) is 129 Å². The molecule has 1 aliphatic rings. The second-order valence-corrected chi connectivity index (χ2v) is 18.0. The minimum atomic E-state index is -1.57. The van der Waals surface area contributed by atoms with Crippen LogP contribution in [0.15, 0.2) is 72.8 Å². The summed E-state index contributed by atoms with van der Waals surface area (Å²) >= 11 is 0. The van der Waals surface area contributed by atoms with Gasteiger partial charge in [-0.2, -0.15) is 0 Å². The van der Waals surface area contributed by atoms with Crippen molar-refractivity contribution < 1.29 is 19.4 Å². The number of carbonyl (C=O) groups excluding carboxylic acids is 1. The second kappa shape index (κ2) is 25.5. The maximum absolute atomic E-state index is 11.4. The molecule has 5 nitrogen and oxygen atoms in total. The van der Waals surface area contributed by atoms with Gasteiger partial charge in [0.15, 0.2) is 8.32 Å². The molecule has 3 N–H and O–H groups in total. The number of terminal acetylenes is 1. The molecular weight excluding hydrogens is 587 g/mol. The van der Waals surface area contributed by atoms with Crippen LogP contribution in [0.4, 0.5) is 0 Å². The number of aldehydes is 1. The molecule has 6 heteroatoms. The molecule has 1 saturated heterocycles. The molecule has 1 heterocycles. The molecule has 0 amide bonds. The van der Waals surface area contributed by atoms with Crippen LogP contribution in [-0.2, 0) is 14.8 Å². The van der Waals surface area contributed by atoms with E-state index in [1.165, 1.54) is 32.1 Å². The molecular formula is C40H65NO4Si. The number of hydrogen-bond acceptors (Lipinski definition) is 5. The Morgan fingerprint density at radius 1 is 0.913 bits per heavy atom. The fraction of sp³-hybridized carbons (Fsp3) is 0.575. The van der Waals surface area contributed by atoms with Crippen LogP contribution in [0, 0.1) is 12.3 Å². The topological polar surface area (TPSA) is 78.8 Å². The first kappa shape index (κ1) is 43.5. The highest BCUT2D eigenvalue weighted by atomic mass is 28.4. The van der Waals surface area contributed by atoms with Gasteiger partial charge in [-0.15, -0.1) is 6.42 Å². The van der Waals surface area contributed by atoms with Crippen molar-refractivity contribution >= 4 is 14.6 Å². The van der Waals surface area contributed by atoms with Crippen LogP contribution in [0.3, 0.4) is 0 Å². The molecule has 0 spiro atoms. The molecule has 0 radical (unpaired) electrons. The summed E-state index contributed by atoms with van der Waals surface area (Å²) in [5, 5.41) is 23.4. The van der Waals surface area contributed by atoms with Crippen LogP contribution >= 0.6 is 0 Å². The lowest BCUT2D eigenvalue weighted by Gasteiger charge is -2.35. The lowest BCUT2D eigenvalue weighted by atomic mass is 9.79. The maximum atomic E-state index is 11.4. The molecule has 1 aliphatic heterocycles. The zero-order chi connectivity index (χ0) is 34.7. The standard InChI is InChI=1S/C17H19NO.C9H18OSi.C8H16O.C6H12O/c19-17(16-12-7-13-18-16,14-8-3-1-4-9-14)15-10-5-2-6-11-15;1-7-8-10-11(5,6)9(2,3)4;1-2-3-4-5-6-7-8-9;1-2-3-4-5-6-7/h1-6,8-11,16,18-19H,7,12-13H2;1H,8H2,2-6H3;6-7,9H,2-5,8H2,1H3;6H,2-5H2,1H3/b;;7-6+;/t16-;;;/m0.../s1. The molecule has 0 aliphatic carbocycles. The Kier molecular flexibility index (Phi) is 24.1. The van der Waals surface area contributed by atoms with Crippen molar-refractivity contribution in [1.82, 2.24) is 5.32 Å². The van der Waals surface area contributed by atoms with E-state index in [1.54, 1.807) is 6.08 Å². The molecule has 1 fully saturated rings. The Hall–Kier alpha value is -2.53. The predicted molar refractivity (Wildman–Crippen MR) is 199 cm³/mol. The Labute approximate surface area is 283 Å². The highest BCUT2D eigenvalue weighted by Crippen LogP contribution is 2.37. The van der Waals surface area contributed by atoms with Crippen LogP contribution < -0.4 is 5.32 Å². The maximum Gasteiger partial charge on any atom is 0.193 e. The molecule has 0 aromatic heterocycles. The zero-order valence-electron chi connectivity index (χ0n) is 30.1. The summed E-state index contributed by atoms with van der Waals surface area (Å²) in [6.45, 7) is 17.0. The fourth-order valence-corrected chi connectivity index (χ4v) is 5.49. The number of aliphatic hydroxyl groups excluding tert-OH is 1. The van der Waals surface area contributed by atoms with Gasteiger partial charge in [-0.1, -0.05) is 139 Å². The van der Waals surface area contributed by atoms with Gasteiger partial charge in [-0.05, 0) is 67.9 Å². The molecule has 3 rings (SSSR count). The van der Waals surface area contributed by atoms with Crippen molar-refractivity contribution in [1.29, 1.82) is 0 Å². The number of aliphatic hydroxyl groups is 2. The van der Waals surface area contributed by atoms with E-state index < -0.39 is 13.9 Å². The van der Waals surface area contributed by atoms with Gasteiger partial charge in [0.2, 0.25) is 0 Å². The lowest BCUT2D eigenvalue weighted by molar-refractivity contribution is -0.107. The number of allylic oxidation sites excluding steroid dienone is 1. The zero-order valence-corrected chi connectivity index (χ0v) is 31.1. The molecule has 1 atom stereocenters. The number of benzene rings is 2. The van der Waals surface area contributed by atoms with Gasteiger partial charge >= 0.3 is 0 Å². The van der Waals surface area contributed by atoms with Gasteiger partial charge in [0.25, 0.3) is 0 Å². The van der Waals surface area contributed by atoms with E-state index >= 15 is 0 Å². The number of carbonyl (C=O) groups is 1. The van der Waals surface area contributed by atoms with E-state index in [0.29, 0.717) is 6.61 Å². The molecule has 0 bridgehead atoms. The predicted octanol–water partition coefficient (Wildman–Crippen LogP) is 9.20. The van der Waals surface area contributed by atoms with Gasteiger partial charge < -0.3 is 24.8 Å². The SMILES string of the molecule is C#CCO[Si](C)(C)C(C)(C)C.CCCCC/C=C/CO.CCCCCC=O.OC(c1ccccc1)(c1ccccc1)[C@@H]1CCCN1. The summed E-state index contributed by atoms with van der Waals surface area (Å²) in [6.07, 6.45) is 21.2. The first-order valence-corrected chi connectivity index (χ1v) is 20.2. The second-order valence-electron chi connectivity index (χ2n) is 13.2. The first-order chi connectivity index (χ1) is 22.0. The summed E-state index contributed by atoms with van der Waals surface area (Å²) in [5.41, 5.74) is 0.972. The third-order valence-electron chi connectivity index (χ3n) is 8.49. The van der Waals surface area contributed by atoms with Crippen LogP contribution in [0.1, 0.15) is 110 Å². The van der Waals surface area contributed by atoms with Crippen molar-refractivity contribution in [2.24, 2.45) is 0 Å². The van der Waals surface area contributed by atoms with Gasteiger partial charge in [-0.25, -0.2) is 0 Å². The van der Waals surface area contributed by atoms with Gasteiger partial charge in [0, 0.05) is 12.5 Å². The van der Waals surface area contributed by atoms with Crippen molar-refractivity contribution in [2.75, 3.05) is 19.8 Å². The summed E-state index contributed by atoms with van der Waals surface area (Å²) in [7, 11) is -1.57. The highest BCUT2D eigenvalue weighted by Gasteiger charge is 2.41. The van der Waals surface area contributed by atoms with Crippen molar-refractivity contribution in [3.8, 4) is 12.3 Å². The molecule has 0 saturated carbocycles. The van der Waals surface area contributed by atoms with Gasteiger partial charge in [-0.3, -0.25) is 0 Å². The minimum absolute atomic E-state index is 0.0808. The van der Waals surface area contributed by atoms with E-state index in [0.717, 1.165) is 56.1 Å². The Bertz CT molecular complexity index is 1030. The molecule has 2 aromatic carbocycles. The number of nitrogens with one attached hydrogen (secondary N) is 1. The monoisotopic (exact) mass is 651 g/mol. The summed E-state index contributed by atoms with van der Waals surface area (Å²) < 4.78 is 5.65. The van der Waals surface area contributed by atoms with E-state index in [-0.39, 0.29) is 17.7 Å². The smallest absolute Gasteiger partial charge is 0.193 e. The van der Waals surface area contributed by atoms with Gasteiger partial charge in [0.1, 0.15) is 11.9 Å². The molecule has 2 aromatic rings. The number of rotatable bonds is 14. The largest absolute Gasteiger partial charge is 0.406 e. The number of unbranched alkanes of at least 4 members (excludes halogenated alkanes) is 6. The first-order valence-electron chi connectivity index (χ1n) is 17.3. The third kappa shape index (κ3) is 17.4. The van der Waals surface area contributed by atoms with Crippen LogP contribution in [0.5, 0.6) is 0 Å². The van der Waals surface area contributed by atoms with Crippen LogP contribution in [0.25, 0.3) is 0 Å². The Morgan fingerprint density at radius 3 is 1.83 bits per heavy atom. The highest BCUT2D eigenvalue weighted by molar-refractivity contribution is 6.74. The third-order valence-corrected chi connectivity index (χ3v) is 13.0. The quantitative estimate of drug-likeness (QED) is 0.0624. The van der Waals surface area contributed by atoms with Crippen molar-refractivity contribution in [3.05, 3.63) is 83.9 Å². The lowest BCUT2D eigenvalue weighted by Crippen LogP contribution is -2.46. The van der Waals surface area contributed by atoms with Gasteiger partial charge in [0.05, 0.1) is 13.2 Å². The van der Waals surface area contributed by atoms with E-state index in [1.807, 2.05) is 66.7 Å². The van der Waals surface area contributed by atoms with Crippen LogP contribution in [-0.4, -0.2) is 50.6 Å². The Morgan fingerprint density at radius 2 is 1.43 bits per heavy atom. The van der Waals surface area contributed by atoms with E-state index in [4.69, 9.17) is 16.0 Å². The average molecular weight is 652 g/mol. The minimum Gasteiger partial charge on any atom is -0.406 e. The van der Waals surface area contributed by atoms with E-state index in [9.17, 15) is 9.90 Å².